The highest BCUT2D eigenvalue weighted by Crippen LogP contribution is 2.12. The standard InChI is InChI=1S/C14H16N2O2/c1-17-13-5-2-11(3-6-13)9-18-10-12-4-7-14(15)16-8-12/h2-8H,9-10H2,1H3,(H2,15,16). The lowest BCUT2D eigenvalue weighted by Crippen LogP contribution is -1.96. The number of pyridine rings is 1. The fraction of sp³-hybridized carbons (Fsp3) is 0.214. The summed E-state index contributed by atoms with van der Waals surface area (Å²) >= 11 is 0. The predicted molar refractivity (Wildman–Crippen MR) is 70.1 cm³/mol. The number of nitrogen functional groups attached to an aromatic ring is 1. The van der Waals surface area contributed by atoms with Gasteiger partial charge in [0.05, 0.1) is 20.3 Å². The van der Waals surface area contributed by atoms with Crippen LogP contribution in [0.15, 0.2) is 42.6 Å². The fourth-order valence-corrected chi connectivity index (χ4v) is 1.53. The summed E-state index contributed by atoms with van der Waals surface area (Å²) in [6.07, 6.45) is 1.73. The van der Waals surface area contributed by atoms with E-state index in [1.807, 2.05) is 30.3 Å². The number of hydrogen-bond acceptors (Lipinski definition) is 4. The summed E-state index contributed by atoms with van der Waals surface area (Å²) in [5, 5.41) is 0. The van der Waals surface area contributed by atoms with E-state index >= 15 is 0 Å². The molecular formula is C14H16N2O2. The van der Waals surface area contributed by atoms with Crippen LogP contribution in [0.3, 0.4) is 0 Å². The smallest absolute Gasteiger partial charge is 0.123 e. The lowest BCUT2D eigenvalue weighted by molar-refractivity contribution is 0.107. The molecule has 4 heteroatoms. The van der Waals surface area contributed by atoms with Gasteiger partial charge in [0, 0.05) is 6.20 Å². The van der Waals surface area contributed by atoms with Gasteiger partial charge >= 0.3 is 0 Å². The van der Waals surface area contributed by atoms with Crippen molar-refractivity contribution in [3.63, 3.8) is 0 Å². The van der Waals surface area contributed by atoms with Crippen LogP contribution in [-0.4, -0.2) is 12.1 Å². The Morgan fingerprint density at radius 3 is 2.28 bits per heavy atom. The Labute approximate surface area is 106 Å². The summed E-state index contributed by atoms with van der Waals surface area (Å²) in [6, 6.07) is 11.5. The molecule has 0 atom stereocenters. The van der Waals surface area contributed by atoms with E-state index in [1.54, 1.807) is 19.4 Å². The third kappa shape index (κ3) is 3.46. The highest BCUT2D eigenvalue weighted by Gasteiger charge is 1.97. The Bertz CT molecular complexity index is 480. The molecule has 0 aliphatic carbocycles. The van der Waals surface area contributed by atoms with Gasteiger partial charge in [0.1, 0.15) is 11.6 Å². The van der Waals surface area contributed by atoms with Crippen LogP contribution in [0, 0.1) is 0 Å². The van der Waals surface area contributed by atoms with Crippen LogP contribution < -0.4 is 10.5 Å². The Morgan fingerprint density at radius 1 is 1.00 bits per heavy atom. The number of nitrogens with two attached hydrogens (primary N) is 1. The molecule has 0 amide bonds. The molecule has 0 saturated heterocycles. The number of benzene rings is 1. The lowest BCUT2D eigenvalue weighted by atomic mass is 10.2. The molecule has 1 aromatic heterocycles. The third-order valence-electron chi connectivity index (χ3n) is 2.54. The van der Waals surface area contributed by atoms with Gasteiger partial charge in [-0.25, -0.2) is 4.98 Å². The monoisotopic (exact) mass is 244 g/mol. The highest BCUT2D eigenvalue weighted by molar-refractivity contribution is 5.29. The molecule has 0 spiro atoms. The Morgan fingerprint density at radius 2 is 1.67 bits per heavy atom. The first-order chi connectivity index (χ1) is 8.78. The van der Waals surface area contributed by atoms with Gasteiger partial charge in [0.25, 0.3) is 0 Å². The van der Waals surface area contributed by atoms with Crippen molar-refractivity contribution in [1.29, 1.82) is 0 Å². The van der Waals surface area contributed by atoms with Crippen molar-refractivity contribution >= 4 is 5.82 Å². The molecule has 1 aromatic carbocycles. The van der Waals surface area contributed by atoms with E-state index in [4.69, 9.17) is 15.2 Å². The van der Waals surface area contributed by atoms with E-state index in [9.17, 15) is 0 Å². The highest BCUT2D eigenvalue weighted by atomic mass is 16.5. The zero-order valence-corrected chi connectivity index (χ0v) is 10.3. The molecule has 0 aliphatic heterocycles. The first kappa shape index (κ1) is 12.4. The van der Waals surface area contributed by atoms with Gasteiger partial charge < -0.3 is 15.2 Å². The average Bonchev–Trinajstić information content (AvgIpc) is 2.42. The van der Waals surface area contributed by atoms with Crippen molar-refractivity contribution in [2.45, 2.75) is 13.2 Å². The van der Waals surface area contributed by atoms with Crippen molar-refractivity contribution in [3.05, 3.63) is 53.7 Å². The summed E-state index contributed by atoms with van der Waals surface area (Å²) in [6.45, 7) is 1.09. The minimum atomic E-state index is 0.522. The molecule has 0 bridgehead atoms. The number of hydrogen-bond donors (Lipinski definition) is 1. The summed E-state index contributed by atoms with van der Waals surface area (Å²) in [5.74, 6) is 1.37. The van der Waals surface area contributed by atoms with E-state index in [1.165, 1.54) is 0 Å². The van der Waals surface area contributed by atoms with E-state index < -0.39 is 0 Å². The van der Waals surface area contributed by atoms with Gasteiger partial charge in [-0.05, 0) is 29.3 Å². The van der Waals surface area contributed by atoms with Crippen LogP contribution in [0.2, 0.25) is 0 Å². The topological polar surface area (TPSA) is 57.4 Å². The third-order valence-corrected chi connectivity index (χ3v) is 2.54. The van der Waals surface area contributed by atoms with Crippen molar-refractivity contribution in [3.8, 4) is 5.75 Å². The second-order valence-electron chi connectivity index (χ2n) is 3.93. The van der Waals surface area contributed by atoms with E-state index in [2.05, 4.69) is 4.98 Å². The predicted octanol–water partition coefficient (Wildman–Crippen LogP) is 2.39. The molecule has 18 heavy (non-hydrogen) atoms. The molecule has 2 aromatic rings. The summed E-state index contributed by atoms with van der Waals surface area (Å²) < 4.78 is 10.7. The molecule has 2 rings (SSSR count). The molecular weight excluding hydrogens is 228 g/mol. The minimum absolute atomic E-state index is 0.522. The van der Waals surface area contributed by atoms with Crippen LogP contribution in [0.1, 0.15) is 11.1 Å². The van der Waals surface area contributed by atoms with Crippen LogP contribution in [0.4, 0.5) is 5.82 Å². The average molecular weight is 244 g/mol. The van der Waals surface area contributed by atoms with Gasteiger partial charge in [0.15, 0.2) is 0 Å². The molecule has 0 saturated carbocycles. The SMILES string of the molecule is COc1ccc(COCc2ccc(N)nc2)cc1. The first-order valence-corrected chi connectivity index (χ1v) is 5.69. The first-order valence-electron chi connectivity index (χ1n) is 5.69. The van der Waals surface area contributed by atoms with Crippen LogP contribution in [-0.2, 0) is 18.0 Å². The molecule has 2 N–H and O–H groups in total. The quantitative estimate of drug-likeness (QED) is 0.877. The maximum Gasteiger partial charge on any atom is 0.123 e. The van der Waals surface area contributed by atoms with E-state index in [0.717, 1.165) is 16.9 Å². The molecule has 0 radical (unpaired) electrons. The lowest BCUT2D eigenvalue weighted by Gasteiger charge is -2.05. The second kappa shape index (κ2) is 6.02. The number of aromatic nitrogens is 1. The van der Waals surface area contributed by atoms with Gasteiger partial charge in [-0.3, -0.25) is 0 Å². The van der Waals surface area contributed by atoms with Crippen LogP contribution in [0.5, 0.6) is 5.75 Å². The van der Waals surface area contributed by atoms with Crippen molar-refractivity contribution < 1.29 is 9.47 Å². The summed E-state index contributed by atoms with van der Waals surface area (Å²) in [7, 11) is 1.65. The molecule has 1 heterocycles. The summed E-state index contributed by atoms with van der Waals surface area (Å²) in [5.41, 5.74) is 7.63. The van der Waals surface area contributed by atoms with Crippen molar-refractivity contribution in [1.82, 2.24) is 4.98 Å². The van der Waals surface area contributed by atoms with E-state index in [0.29, 0.717) is 19.0 Å². The maximum absolute atomic E-state index is 5.60. The molecule has 0 fully saturated rings. The Hall–Kier alpha value is -2.07. The number of rotatable bonds is 5. The summed E-state index contributed by atoms with van der Waals surface area (Å²) in [4.78, 5) is 4.01. The van der Waals surface area contributed by atoms with Crippen LogP contribution in [0.25, 0.3) is 0 Å². The number of methoxy groups -OCH3 is 1. The van der Waals surface area contributed by atoms with Gasteiger partial charge in [-0.1, -0.05) is 18.2 Å². The van der Waals surface area contributed by atoms with Gasteiger partial charge in [-0.15, -0.1) is 0 Å². The number of ether oxygens (including phenoxy) is 2. The van der Waals surface area contributed by atoms with Crippen molar-refractivity contribution in [2.75, 3.05) is 12.8 Å². The Kier molecular flexibility index (Phi) is 4.15. The molecule has 94 valence electrons. The van der Waals surface area contributed by atoms with E-state index in [-0.39, 0.29) is 0 Å². The van der Waals surface area contributed by atoms with Gasteiger partial charge in [-0.2, -0.15) is 0 Å². The fourth-order valence-electron chi connectivity index (χ4n) is 1.53. The molecule has 0 unspecified atom stereocenters. The number of anilines is 1. The second-order valence-corrected chi connectivity index (χ2v) is 3.93. The largest absolute Gasteiger partial charge is 0.497 e. The zero-order valence-electron chi connectivity index (χ0n) is 10.3. The maximum atomic E-state index is 5.60. The zero-order chi connectivity index (χ0) is 12.8. The molecule has 4 nitrogen and oxygen atoms in total. The Balaban J connectivity index is 1.82. The van der Waals surface area contributed by atoms with Crippen molar-refractivity contribution in [2.24, 2.45) is 0 Å². The van der Waals surface area contributed by atoms with Crippen LogP contribution >= 0.6 is 0 Å². The minimum Gasteiger partial charge on any atom is -0.497 e. The number of nitrogens with zero attached hydrogens (tertiary/aromatic N) is 1. The molecule has 0 aliphatic rings. The van der Waals surface area contributed by atoms with Gasteiger partial charge in [0.2, 0.25) is 0 Å². The normalized spacial score (nSPS) is 10.3.